The maximum absolute atomic E-state index is 13.9. The molecule has 7 heterocycles. The highest BCUT2D eigenvalue weighted by Gasteiger charge is 2.50. The second-order valence-corrected chi connectivity index (χ2v) is 28.9. The molecule has 0 saturated carbocycles. The number of amides is 6. The van der Waals surface area contributed by atoms with Crippen LogP contribution in [0, 0.1) is 27.7 Å². The lowest BCUT2D eigenvalue weighted by atomic mass is 9.81. The summed E-state index contributed by atoms with van der Waals surface area (Å²) in [5.74, 6) is -1.25. The third kappa shape index (κ3) is 15.1. The van der Waals surface area contributed by atoms with Gasteiger partial charge in [-0.15, -0.1) is 0 Å². The largest absolute Gasteiger partial charge is 0.434 e. The van der Waals surface area contributed by atoms with Crippen molar-refractivity contribution in [3.05, 3.63) is 310 Å². The van der Waals surface area contributed by atoms with Crippen molar-refractivity contribution >= 4 is 81.3 Å². The molecule has 0 aliphatic carbocycles. The third-order valence-corrected chi connectivity index (χ3v) is 19.9. The van der Waals surface area contributed by atoms with Crippen LogP contribution in [0.5, 0.6) is 0 Å². The SMILES string of the molecule is Cc1ccc(NC(=O)c2cc(-c3cccc4c3C(C)(C)C(=O)N4Cc3ncccn3)ccc2C)cc1.Cc1ccc(NC(=O)c2cc(-c3cccc4c3C(C)(C)C(=O)N4c3ccccn3)ccc2C(F)(F)F)cc1.Cc1ccc(NC(=O)c2cc(-c3cccc4c3C(C)(C)C(=O)N4c3ncccn3)cnc2C(F)(F)F)cc1. The van der Waals surface area contributed by atoms with Crippen molar-refractivity contribution < 1.29 is 55.1 Å². The van der Waals surface area contributed by atoms with E-state index in [4.69, 9.17) is 0 Å². The smallest absolute Gasteiger partial charge is 0.322 e. The molecular formula is C88H74F6N12O6. The lowest BCUT2D eigenvalue weighted by Gasteiger charge is -2.21. The van der Waals surface area contributed by atoms with Crippen molar-refractivity contribution in [2.45, 2.75) is 104 Å². The van der Waals surface area contributed by atoms with Gasteiger partial charge >= 0.3 is 12.4 Å². The molecule has 0 atom stereocenters. The highest BCUT2D eigenvalue weighted by Crippen LogP contribution is 2.52. The number of hydrogen-bond acceptors (Lipinski definition) is 12. The molecule has 0 saturated heterocycles. The summed E-state index contributed by atoms with van der Waals surface area (Å²) in [5.41, 5.74) is 7.41. The second kappa shape index (κ2) is 30.2. The molecule has 112 heavy (non-hydrogen) atoms. The Balaban J connectivity index is 0.000000147. The molecule has 15 rings (SSSR count). The Labute approximate surface area is 641 Å². The van der Waals surface area contributed by atoms with Gasteiger partial charge in [0.15, 0.2) is 5.69 Å². The number of nitrogens with zero attached hydrogens (tertiary/aromatic N) is 9. The Bertz CT molecular complexity index is 5430. The van der Waals surface area contributed by atoms with E-state index in [9.17, 15) is 55.1 Å². The number of carbonyl (C=O) groups excluding carboxylic acids is 6. The van der Waals surface area contributed by atoms with E-state index in [0.717, 1.165) is 68.6 Å². The average molecular weight is 1510 g/mol. The number of aromatic nitrogens is 6. The Morgan fingerprint density at radius 3 is 1.31 bits per heavy atom. The van der Waals surface area contributed by atoms with Crippen LogP contribution in [-0.2, 0) is 49.5 Å². The maximum atomic E-state index is 13.9. The number of pyridine rings is 2. The molecule has 0 radical (unpaired) electrons. The summed E-state index contributed by atoms with van der Waals surface area (Å²) in [6, 6.07) is 56.7. The zero-order valence-corrected chi connectivity index (χ0v) is 62.5. The van der Waals surface area contributed by atoms with Gasteiger partial charge in [-0.1, -0.05) is 114 Å². The van der Waals surface area contributed by atoms with Gasteiger partial charge in [0.25, 0.3) is 17.7 Å². The molecule has 24 heteroatoms. The number of benzene rings is 8. The summed E-state index contributed by atoms with van der Waals surface area (Å²) in [6.45, 7) is 18.9. The van der Waals surface area contributed by atoms with Crippen molar-refractivity contribution in [2.24, 2.45) is 0 Å². The fourth-order valence-electron chi connectivity index (χ4n) is 14.2. The first-order valence-corrected chi connectivity index (χ1v) is 35.6. The molecule has 12 aromatic rings. The lowest BCUT2D eigenvalue weighted by molar-refractivity contribution is -0.141. The highest BCUT2D eigenvalue weighted by atomic mass is 19.4. The standard InChI is InChI=1S/C30H24F3N3O2.C30H28N4O2.C28H22F3N5O2/c1-18-10-13-20(14-11-18)35-27(37)22-17-19(12-15-23(22)30(31,32)33)21-7-6-8-24-26(21)29(2,3)28(38)36(24)25-9-4-5-16-34-25;1-19-9-13-22(14-10-19)33-28(35)24-17-21(12-11-20(24)2)23-7-5-8-25-27(23)30(3,4)29(36)34(25)18-26-31-15-6-16-32-26;1-16-8-10-18(11-9-16)35-24(37)20-14-17(15-34-23(20)28(29,30)31)19-6-4-7-21-22(19)27(2,3)25(38)36(21)26-32-12-5-13-33-26/h4-17H,1-3H3,(H,35,37);5-17H,18H2,1-4H3,(H,33,35);4-15H,1-3H3,(H,35,37). The summed E-state index contributed by atoms with van der Waals surface area (Å²) >= 11 is 0. The number of alkyl halides is 6. The Morgan fingerprint density at radius 1 is 0.393 bits per heavy atom. The van der Waals surface area contributed by atoms with Crippen LogP contribution in [0.1, 0.15) is 129 Å². The van der Waals surface area contributed by atoms with Gasteiger partial charge in [-0.05, 0) is 222 Å². The van der Waals surface area contributed by atoms with E-state index in [2.05, 4.69) is 45.9 Å². The number of nitrogens with one attached hydrogen (secondary N) is 3. The van der Waals surface area contributed by atoms with Gasteiger partial charge in [0.1, 0.15) is 11.6 Å². The molecule has 18 nitrogen and oxygen atoms in total. The number of halogens is 6. The van der Waals surface area contributed by atoms with Crippen molar-refractivity contribution in [3.63, 3.8) is 0 Å². The van der Waals surface area contributed by atoms with E-state index in [1.165, 1.54) is 34.3 Å². The van der Waals surface area contributed by atoms with Crippen LogP contribution >= 0.6 is 0 Å². The third-order valence-electron chi connectivity index (χ3n) is 19.9. The van der Waals surface area contributed by atoms with Crippen LogP contribution in [0.2, 0.25) is 0 Å². The van der Waals surface area contributed by atoms with E-state index >= 15 is 0 Å². The van der Waals surface area contributed by atoms with Crippen LogP contribution in [0.4, 0.5) is 72.2 Å². The average Bonchev–Trinajstić information content (AvgIpc) is 1.58. The maximum Gasteiger partial charge on any atom is 0.434 e. The molecular weight excluding hydrogens is 1440 g/mol. The van der Waals surface area contributed by atoms with E-state index in [-0.39, 0.29) is 35.1 Å². The predicted octanol–water partition coefficient (Wildman–Crippen LogP) is 19.2. The fraction of sp³-hybridized carbons (Fsp3) is 0.182. The first-order chi connectivity index (χ1) is 53.2. The molecule has 0 fully saturated rings. The van der Waals surface area contributed by atoms with Gasteiger partial charge in [0, 0.05) is 71.1 Å². The molecule has 0 unspecified atom stereocenters. The first-order valence-electron chi connectivity index (χ1n) is 35.6. The van der Waals surface area contributed by atoms with Crippen molar-refractivity contribution in [3.8, 4) is 33.4 Å². The van der Waals surface area contributed by atoms with E-state index < -0.39 is 62.8 Å². The molecule has 6 amide bonds. The number of aryl methyl sites for hydroxylation is 4. The molecule has 3 aliphatic rings. The van der Waals surface area contributed by atoms with Crippen LogP contribution in [0.15, 0.2) is 237 Å². The molecule has 4 aromatic heterocycles. The van der Waals surface area contributed by atoms with Gasteiger partial charge in [-0.3, -0.25) is 38.7 Å². The van der Waals surface area contributed by atoms with Crippen molar-refractivity contribution in [1.82, 2.24) is 29.9 Å². The van der Waals surface area contributed by atoms with E-state index in [1.807, 2.05) is 102 Å². The Morgan fingerprint density at radius 2 is 0.812 bits per heavy atom. The quantitative estimate of drug-likeness (QED) is 0.0917. The Hall–Kier alpha value is -13.4. The first kappa shape index (κ1) is 76.8. The summed E-state index contributed by atoms with van der Waals surface area (Å²) in [4.78, 5) is 110. The summed E-state index contributed by atoms with van der Waals surface area (Å²) in [6.07, 6.45) is -0.528. The van der Waals surface area contributed by atoms with Gasteiger partial charge in [0.05, 0.1) is 50.9 Å². The van der Waals surface area contributed by atoms with Crippen LogP contribution in [0.25, 0.3) is 33.4 Å². The Kier molecular flexibility index (Phi) is 20.7. The van der Waals surface area contributed by atoms with Gasteiger partial charge in [-0.2, -0.15) is 26.3 Å². The normalized spacial score (nSPS) is 14.2. The van der Waals surface area contributed by atoms with Crippen molar-refractivity contribution in [2.75, 3.05) is 30.7 Å². The summed E-state index contributed by atoms with van der Waals surface area (Å²) in [5, 5.41) is 8.09. The summed E-state index contributed by atoms with van der Waals surface area (Å²) < 4.78 is 83.4. The van der Waals surface area contributed by atoms with E-state index in [1.54, 1.807) is 166 Å². The molecule has 0 bridgehead atoms. The van der Waals surface area contributed by atoms with Gasteiger partial charge < -0.3 is 20.9 Å². The minimum absolute atomic E-state index is 0.00172. The van der Waals surface area contributed by atoms with Crippen LogP contribution in [0.3, 0.4) is 0 Å². The van der Waals surface area contributed by atoms with Gasteiger partial charge in [0.2, 0.25) is 23.7 Å². The summed E-state index contributed by atoms with van der Waals surface area (Å²) in [7, 11) is 0. The fourth-order valence-corrected chi connectivity index (χ4v) is 14.2. The molecule has 564 valence electrons. The lowest BCUT2D eigenvalue weighted by Crippen LogP contribution is -2.36. The number of anilines is 8. The second-order valence-electron chi connectivity index (χ2n) is 28.9. The number of hydrogen-bond donors (Lipinski definition) is 3. The monoisotopic (exact) mass is 1510 g/mol. The van der Waals surface area contributed by atoms with Crippen molar-refractivity contribution in [1.29, 1.82) is 0 Å². The minimum Gasteiger partial charge on any atom is -0.322 e. The molecule has 3 aliphatic heterocycles. The number of rotatable bonds is 13. The van der Waals surface area contributed by atoms with E-state index in [0.29, 0.717) is 74.3 Å². The number of carbonyl (C=O) groups is 6. The predicted molar refractivity (Wildman–Crippen MR) is 418 cm³/mol. The highest BCUT2D eigenvalue weighted by molar-refractivity contribution is 6.16. The van der Waals surface area contributed by atoms with Gasteiger partial charge in [-0.25, -0.2) is 29.8 Å². The molecule has 0 spiro atoms. The zero-order chi connectivity index (χ0) is 79.9. The topological polar surface area (TPSA) is 226 Å². The number of fused-ring (bicyclic) bond motifs is 3. The molecule has 8 aromatic carbocycles. The van der Waals surface area contributed by atoms with Crippen LogP contribution in [-0.4, -0.2) is 65.3 Å². The molecule has 3 N–H and O–H groups in total. The zero-order valence-electron chi connectivity index (χ0n) is 62.5. The minimum atomic E-state index is -4.85. The van der Waals surface area contributed by atoms with Crippen LogP contribution < -0.4 is 30.7 Å².